The van der Waals surface area contributed by atoms with Gasteiger partial charge >= 0.3 is 0 Å². The van der Waals surface area contributed by atoms with Crippen LogP contribution in [0.25, 0.3) is 0 Å². The van der Waals surface area contributed by atoms with Crippen LogP contribution >= 0.6 is 11.6 Å². The van der Waals surface area contributed by atoms with Gasteiger partial charge in [0.25, 0.3) is 0 Å². The second-order valence-corrected chi connectivity index (χ2v) is 29.6. The fraction of sp³-hybridized carbons (Fsp3) is 0.680. The minimum absolute atomic E-state index is 0.0223. The summed E-state index contributed by atoms with van der Waals surface area (Å²) in [5.74, 6) is -10.3. The van der Waals surface area contributed by atoms with Gasteiger partial charge in [0, 0.05) is 93.0 Å². The highest BCUT2D eigenvalue weighted by Gasteiger charge is 2.44. The van der Waals surface area contributed by atoms with Crippen LogP contribution in [0.4, 0.5) is 0 Å². The third-order valence-corrected chi connectivity index (χ3v) is 19.6. The van der Waals surface area contributed by atoms with Crippen LogP contribution in [0.1, 0.15) is 151 Å². The zero-order valence-electron chi connectivity index (χ0n) is 63.8. The van der Waals surface area contributed by atoms with Crippen molar-refractivity contribution in [2.24, 2.45) is 23.7 Å². The maximum atomic E-state index is 15.5. The number of likely N-dealkylation sites (N-methyl/N-ethyl adjacent to an activating group) is 6. The van der Waals surface area contributed by atoms with Crippen molar-refractivity contribution in [1.29, 1.82) is 0 Å². The summed E-state index contributed by atoms with van der Waals surface area (Å²) in [7, 11) is 8.28. The summed E-state index contributed by atoms with van der Waals surface area (Å²) in [6.45, 7) is 16.3. The zero-order chi connectivity index (χ0) is 77.1. The highest BCUT2D eigenvalue weighted by Crippen LogP contribution is 2.24. The average molecular weight is 1460 g/mol. The van der Waals surface area contributed by atoms with Crippen LogP contribution in [-0.2, 0) is 75.1 Å². The number of halogens is 1. The molecule has 0 unspecified atom stereocenters. The average Bonchev–Trinajstić information content (AvgIpc) is 0.823. The van der Waals surface area contributed by atoms with E-state index in [-0.39, 0.29) is 76.0 Å². The van der Waals surface area contributed by atoms with Crippen molar-refractivity contribution in [3.05, 3.63) is 70.7 Å². The summed E-state index contributed by atoms with van der Waals surface area (Å²) in [4.78, 5) is 190. The largest absolute Gasteiger partial charge is 0.396 e. The standard InChI is InChI=1S/C75H119ClN12O15/c1-17-19-32-88-45-64(93)83(13)61(42-53-30-26-31-54(76)40-53)73(100)85(15)58(38-48(5)6)68(95)78-56(46-103-36-27-35-89)71(98)84(14)57(37-47(3)4)67(94)77-55(72(99)87-33-24-21-25-34-87)43-62(91)81(11)44-63(92)82(12)60(41-52-28-22-20-23-29-52)70(97)79-65(50(9)18-2)74(101)86(16)59(39-49(7)8)69(96)80-66(51(10)90)75(88)102/h20,22-23,26,28-31,40,47-51,55-61,65-66,89-90H,17-19,21,24-25,27,32-39,41-46H2,1-16H3,(H,77,94)(H,78,95)(H,79,97)(H,80,96)/t50-,51+,55-,56-,57-,58-,59-,60-,61-,65-,66-/m0/s1. The molecule has 0 aromatic heterocycles. The van der Waals surface area contributed by atoms with E-state index in [1.165, 1.54) is 73.7 Å². The van der Waals surface area contributed by atoms with Gasteiger partial charge < -0.3 is 75.4 Å². The van der Waals surface area contributed by atoms with Crippen LogP contribution in [0, 0.1) is 23.7 Å². The van der Waals surface area contributed by atoms with E-state index in [2.05, 4.69) is 21.3 Å². The summed E-state index contributed by atoms with van der Waals surface area (Å²) in [5.41, 5.74) is 1.17. The topological polar surface area (TPSA) is 329 Å². The van der Waals surface area contributed by atoms with Crippen molar-refractivity contribution in [2.45, 2.75) is 213 Å². The Bertz CT molecular complexity index is 3150. The van der Waals surface area contributed by atoms with Crippen LogP contribution < -0.4 is 21.3 Å². The third-order valence-electron chi connectivity index (χ3n) is 19.4. The zero-order valence-corrected chi connectivity index (χ0v) is 64.5. The van der Waals surface area contributed by atoms with Crippen LogP contribution in [-0.4, -0.2) is 276 Å². The highest BCUT2D eigenvalue weighted by molar-refractivity contribution is 6.30. The van der Waals surface area contributed by atoms with Gasteiger partial charge in [0.15, 0.2) is 0 Å². The van der Waals surface area contributed by atoms with Gasteiger partial charge in [-0.05, 0) is 105 Å². The number of amides is 12. The van der Waals surface area contributed by atoms with E-state index in [0.29, 0.717) is 61.3 Å². The lowest BCUT2D eigenvalue weighted by molar-refractivity contribution is -0.151. The summed E-state index contributed by atoms with van der Waals surface area (Å²) in [5, 5.41) is 32.8. The second kappa shape index (κ2) is 42.9. The van der Waals surface area contributed by atoms with Gasteiger partial charge in [-0.1, -0.05) is 129 Å². The third kappa shape index (κ3) is 26.4. The fourth-order valence-corrected chi connectivity index (χ4v) is 12.9. The molecule has 2 aromatic carbocycles. The molecule has 2 heterocycles. The predicted octanol–water partition coefficient (Wildman–Crippen LogP) is 3.67. The lowest BCUT2D eigenvalue weighted by Crippen LogP contribution is -2.62. The van der Waals surface area contributed by atoms with Crippen molar-refractivity contribution >= 4 is 82.5 Å². The molecule has 0 bridgehead atoms. The van der Waals surface area contributed by atoms with Gasteiger partial charge in [-0.25, -0.2) is 0 Å². The van der Waals surface area contributed by atoms with E-state index in [1.54, 1.807) is 66.4 Å². The first-order valence-electron chi connectivity index (χ1n) is 36.6. The Morgan fingerprint density at radius 2 is 1.06 bits per heavy atom. The smallest absolute Gasteiger partial charge is 0.248 e. The molecule has 6 N–H and O–H groups in total. The quantitative estimate of drug-likeness (QED) is 0.0917. The van der Waals surface area contributed by atoms with E-state index in [1.807, 2.05) is 55.4 Å². The first-order chi connectivity index (χ1) is 48.6. The maximum Gasteiger partial charge on any atom is 0.248 e. The van der Waals surface area contributed by atoms with E-state index < -0.39 is 163 Å². The summed E-state index contributed by atoms with van der Waals surface area (Å²) >= 11 is 6.51. The Labute approximate surface area is 615 Å². The Kier molecular flexibility index (Phi) is 36.5. The van der Waals surface area contributed by atoms with Crippen LogP contribution in [0.3, 0.4) is 0 Å². The molecule has 576 valence electrons. The number of aliphatic hydroxyl groups is 2. The first-order valence-corrected chi connectivity index (χ1v) is 37.0. The molecule has 11 atom stereocenters. The van der Waals surface area contributed by atoms with Gasteiger partial charge in [-0.15, -0.1) is 0 Å². The maximum absolute atomic E-state index is 15.5. The molecule has 28 heteroatoms. The first kappa shape index (κ1) is 87.7. The lowest BCUT2D eigenvalue weighted by atomic mass is 9.94. The number of nitrogens with one attached hydrogen (secondary N) is 4. The van der Waals surface area contributed by atoms with Crippen molar-refractivity contribution < 1.29 is 72.5 Å². The minimum Gasteiger partial charge on any atom is -0.396 e. The normalized spacial score (nSPS) is 24.2. The van der Waals surface area contributed by atoms with Gasteiger partial charge in [0.2, 0.25) is 70.9 Å². The van der Waals surface area contributed by atoms with Crippen molar-refractivity contribution in [3.63, 3.8) is 0 Å². The fourth-order valence-electron chi connectivity index (χ4n) is 12.7. The Balaban J connectivity index is 2.00. The highest BCUT2D eigenvalue weighted by atomic mass is 35.5. The van der Waals surface area contributed by atoms with Crippen LogP contribution in [0.2, 0.25) is 5.02 Å². The van der Waals surface area contributed by atoms with E-state index in [0.717, 1.165) is 16.2 Å². The molecule has 12 amide bonds. The number of benzene rings is 2. The number of aliphatic hydroxyl groups excluding tert-OH is 2. The number of rotatable bonds is 22. The number of ether oxygens (including phenoxy) is 1. The molecule has 2 aliphatic heterocycles. The number of likely N-dealkylation sites (tertiary alicyclic amines) is 1. The van der Waals surface area contributed by atoms with Crippen LogP contribution in [0.5, 0.6) is 0 Å². The predicted molar refractivity (Wildman–Crippen MR) is 392 cm³/mol. The second-order valence-electron chi connectivity index (χ2n) is 29.2. The Morgan fingerprint density at radius 1 is 0.553 bits per heavy atom. The monoisotopic (exact) mass is 1460 g/mol. The molecule has 0 spiro atoms. The van der Waals surface area contributed by atoms with Gasteiger partial charge in [0.1, 0.15) is 54.4 Å². The van der Waals surface area contributed by atoms with Crippen LogP contribution in [0.15, 0.2) is 54.6 Å². The van der Waals surface area contributed by atoms with E-state index in [4.69, 9.17) is 16.3 Å². The number of hydrogen-bond donors (Lipinski definition) is 6. The Morgan fingerprint density at radius 3 is 1.60 bits per heavy atom. The molecule has 2 fully saturated rings. The Hall–Kier alpha value is -7.75. The van der Waals surface area contributed by atoms with E-state index in [9.17, 15) is 29.4 Å². The molecule has 2 aliphatic rings. The lowest BCUT2D eigenvalue weighted by Gasteiger charge is -2.37. The molecular formula is C75H119ClN12O15. The number of unbranched alkanes of at least 4 members (excludes halogenated alkanes) is 1. The van der Waals surface area contributed by atoms with Gasteiger partial charge in [-0.3, -0.25) is 57.5 Å². The molecule has 103 heavy (non-hydrogen) atoms. The van der Waals surface area contributed by atoms with Gasteiger partial charge in [-0.2, -0.15) is 0 Å². The molecule has 4 rings (SSSR count). The minimum atomic E-state index is -1.68. The molecule has 0 radical (unpaired) electrons. The molecule has 27 nitrogen and oxygen atoms in total. The van der Waals surface area contributed by atoms with E-state index >= 15 is 38.4 Å². The number of nitrogens with zero attached hydrogens (tertiary/aromatic N) is 8. The molecule has 2 saturated heterocycles. The number of carbonyl (C=O) groups is 12. The van der Waals surface area contributed by atoms with Gasteiger partial charge in [0.05, 0.1) is 32.2 Å². The van der Waals surface area contributed by atoms with Crippen molar-refractivity contribution in [1.82, 2.24) is 60.5 Å². The number of hydrogen-bond acceptors (Lipinski definition) is 15. The van der Waals surface area contributed by atoms with Crippen molar-refractivity contribution in [2.75, 3.05) is 94.8 Å². The molecule has 0 saturated carbocycles. The summed E-state index contributed by atoms with van der Waals surface area (Å²) in [6, 6.07) is 2.79. The summed E-state index contributed by atoms with van der Waals surface area (Å²) < 4.78 is 5.90. The molecular weight excluding hydrogens is 1340 g/mol. The molecule has 0 aliphatic carbocycles. The number of piperidine rings is 1. The SMILES string of the molecule is CCCCN1CC(=O)N(C)[C@@H](Cc2cccc(Cl)c2)C(=O)N(C)[C@@H](CC(C)C)C(=O)N[C@@H](COCCCO)C(=O)N(C)[C@@H](CC(C)C)C(=O)N[C@H](C(=O)N2CCCCC2)CC(=O)N(C)CC(=O)N(C)[C@@H](Cc2ccccc2)C(=O)N[C@@H]([C@@H](C)CC)C(=O)N(C)[C@@H](CC(C)C)C(=O)N[C@@H]([C@@H](C)O)C1=O. The van der Waals surface area contributed by atoms with Crippen molar-refractivity contribution in [3.8, 4) is 0 Å². The number of carbonyl (C=O) groups excluding carboxylic acids is 12. The summed E-state index contributed by atoms with van der Waals surface area (Å²) in [6.07, 6.45) is 1.29. The molecule has 2 aromatic rings.